The van der Waals surface area contributed by atoms with Crippen molar-refractivity contribution < 1.29 is 14.7 Å². The number of carbonyl (C=O) groups is 2. The van der Waals surface area contributed by atoms with Gasteiger partial charge in [-0.25, -0.2) is 4.79 Å². The zero-order valence-electron chi connectivity index (χ0n) is 28.7. The second kappa shape index (κ2) is 11.0. The molecule has 1 heterocycles. The van der Waals surface area contributed by atoms with Gasteiger partial charge in [-0.3, -0.25) is 9.69 Å². The molecule has 0 bridgehead atoms. The van der Waals surface area contributed by atoms with Crippen LogP contribution >= 0.6 is 0 Å². The summed E-state index contributed by atoms with van der Waals surface area (Å²) in [5.41, 5.74) is 3.85. The lowest BCUT2D eigenvalue weighted by molar-refractivity contribution is -0.217. The predicted molar refractivity (Wildman–Crippen MR) is 181 cm³/mol. The number of rotatable bonds is 5. The average Bonchev–Trinajstić information content (AvgIpc) is 3.41. The molecule has 2 N–H and O–H groups in total. The van der Waals surface area contributed by atoms with Crippen molar-refractivity contribution in [2.75, 3.05) is 19.6 Å². The minimum absolute atomic E-state index is 0.0159. The second-order valence-corrected chi connectivity index (χ2v) is 17.6. The molecule has 0 radical (unpaired) electrons. The number of nitrogens with one attached hydrogen (secondary N) is 1. The lowest BCUT2D eigenvalue weighted by Gasteiger charge is -2.72. The quantitative estimate of drug-likeness (QED) is 0.349. The average molecular weight is 615 g/mol. The Morgan fingerprint density at radius 1 is 0.800 bits per heavy atom. The van der Waals surface area contributed by atoms with E-state index in [1.54, 1.807) is 12.1 Å². The number of hydrogen-bond acceptors (Lipinski definition) is 3. The van der Waals surface area contributed by atoms with Crippen LogP contribution in [0.4, 0.5) is 0 Å². The Hall–Kier alpha value is -2.14. The van der Waals surface area contributed by atoms with Crippen LogP contribution < -0.4 is 5.32 Å². The van der Waals surface area contributed by atoms with Gasteiger partial charge < -0.3 is 10.4 Å². The molecule has 45 heavy (non-hydrogen) atoms. The number of allylic oxidation sites excluding steroid dienone is 2. The Morgan fingerprint density at radius 3 is 2.24 bits per heavy atom. The third-order valence-electron chi connectivity index (χ3n) is 15.6. The largest absolute Gasteiger partial charge is 0.478 e. The Kier molecular flexibility index (Phi) is 7.66. The van der Waals surface area contributed by atoms with Crippen LogP contribution in [-0.4, -0.2) is 47.1 Å². The van der Waals surface area contributed by atoms with Crippen molar-refractivity contribution in [3.05, 3.63) is 41.5 Å². The number of aromatic carboxylic acids is 1. The van der Waals surface area contributed by atoms with Gasteiger partial charge in [-0.05, 0) is 152 Å². The van der Waals surface area contributed by atoms with E-state index in [2.05, 4.69) is 50.9 Å². The van der Waals surface area contributed by atoms with Crippen LogP contribution in [0.1, 0.15) is 134 Å². The van der Waals surface area contributed by atoms with Crippen LogP contribution in [-0.2, 0) is 4.79 Å². The third-order valence-corrected chi connectivity index (χ3v) is 15.6. The van der Waals surface area contributed by atoms with E-state index in [4.69, 9.17) is 0 Å². The Balaban J connectivity index is 1.14. The molecule has 1 amide bonds. The number of carboxylic acid groups (broad SMARTS) is 1. The molecule has 5 fully saturated rings. The standard InChI is InChI=1S/C40H58N2O3/c1-36(2)29(27-11-13-28(14-12-27)35(44)45)17-20-37(3)32(36)18-21-39(5)33(37)16-15-30-31-10-9-19-40(31,23-22-38(30,39)4)41-34(43)26-42-24-7-6-8-25-42/h11-14,17,30-33H,6-10,15-16,18-26H2,1-5H3,(H,41,43)(H,44,45)/t30-,31?,32?,33?,37+,38-,39-,40+/m1/s1. The smallest absolute Gasteiger partial charge is 0.335 e. The first kappa shape index (κ1) is 31.5. The van der Waals surface area contributed by atoms with E-state index in [1.807, 2.05) is 12.1 Å². The van der Waals surface area contributed by atoms with Gasteiger partial charge in [0.05, 0.1) is 12.1 Å². The van der Waals surface area contributed by atoms with Gasteiger partial charge in [0.15, 0.2) is 0 Å². The molecule has 1 aromatic carbocycles. The number of piperidine rings is 1. The summed E-state index contributed by atoms with van der Waals surface area (Å²) in [5, 5.41) is 13.2. The van der Waals surface area contributed by atoms with Crippen LogP contribution in [0, 0.1) is 45.3 Å². The van der Waals surface area contributed by atoms with Gasteiger partial charge in [0, 0.05) is 5.54 Å². The molecule has 5 nitrogen and oxygen atoms in total. The van der Waals surface area contributed by atoms with Crippen LogP contribution in [0.25, 0.3) is 5.57 Å². The van der Waals surface area contributed by atoms with Gasteiger partial charge in [-0.2, -0.15) is 0 Å². The zero-order chi connectivity index (χ0) is 31.8. The van der Waals surface area contributed by atoms with E-state index in [9.17, 15) is 14.7 Å². The number of carboxylic acids is 1. The van der Waals surface area contributed by atoms with E-state index >= 15 is 0 Å². The summed E-state index contributed by atoms with van der Waals surface area (Å²) in [5.74, 6) is 2.03. The highest BCUT2D eigenvalue weighted by Crippen LogP contribution is 2.76. The predicted octanol–water partition coefficient (Wildman–Crippen LogP) is 8.59. The number of hydrogen-bond donors (Lipinski definition) is 2. The van der Waals surface area contributed by atoms with Gasteiger partial charge in [-0.1, -0.05) is 65.7 Å². The first-order valence-corrected chi connectivity index (χ1v) is 18.4. The van der Waals surface area contributed by atoms with Crippen molar-refractivity contribution in [3.63, 3.8) is 0 Å². The van der Waals surface area contributed by atoms with Gasteiger partial charge in [0.1, 0.15) is 0 Å². The van der Waals surface area contributed by atoms with Crippen LogP contribution in [0.5, 0.6) is 0 Å². The first-order chi connectivity index (χ1) is 21.3. The monoisotopic (exact) mass is 614 g/mol. The molecule has 1 saturated heterocycles. The lowest BCUT2D eigenvalue weighted by atomic mass is 9.33. The number of fused-ring (bicyclic) bond motifs is 7. The number of benzene rings is 1. The van der Waals surface area contributed by atoms with Crippen molar-refractivity contribution in [3.8, 4) is 0 Å². The third kappa shape index (κ3) is 4.71. The summed E-state index contributed by atoms with van der Waals surface area (Å²) in [7, 11) is 0. The molecule has 7 rings (SSSR count). The van der Waals surface area contributed by atoms with Crippen LogP contribution in [0.15, 0.2) is 30.3 Å². The fourth-order valence-electron chi connectivity index (χ4n) is 13.3. The topological polar surface area (TPSA) is 69.6 Å². The molecule has 1 aliphatic heterocycles. The SMILES string of the molecule is CC1(C)C(c2ccc(C(=O)O)cc2)=CC[C@@]2(C)C1CC[C@]1(C)C2CC[C@@H]2C3CCC[C@]3(NC(=O)CN3CCCCC3)CC[C@]21C. The molecule has 4 saturated carbocycles. The number of amides is 1. The molecule has 0 spiro atoms. The molecular weight excluding hydrogens is 556 g/mol. The highest BCUT2D eigenvalue weighted by Gasteiger charge is 2.69. The van der Waals surface area contributed by atoms with Crippen molar-refractivity contribution >= 4 is 17.4 Å². The minimum Gasteiger partial charge on any atom is -0.478 e. The zero-order valence-corrected chi connectivity index (χ0v) is 28.7. The molecule has 1 aromatic rings. The maximum absolute atomic E-state index is 13.5. The molecule has 0 aromatic heterocycles. The van der Waals surface area contributed by atoms with Gasteiger partial charge in [0.2, 0.25) is 5.91 Å². The number of nitrogens with zero attached hydrogens (tertiary/aromatic N) is 1. The van der Waals surface area contributed by atoms with Crippen LogP contribution in [0.2, 0.25) is 0 Å². The molecular formula is C40H58N2O3. The molecule has 5 aliphatic carbocycles. The summed E-state index contributed by atoms with van der Waals surface area (Å²) >= 11 is 0. The molecule has 8 atom stereocenters. The second-order valence-electron chi connectivity index (χ2n) is 17.6. The molecule has 6 aliphatic rings. The normalized spacial score (nSPS) is 42.4. The van der Waals surface area contributed by atoms with E-state index in [-0.39, 0.29) is 22.3 Å². The van der Waals surface area contributed by atoms with E-state index < -0.39 is 5.97 Å². The van der Waals surface area contributed by atoms with E-state index in [1.165, 1.54) is 81.8 Å². The summed E-state index contributed by atoms with van der Waals surface area (Å²) in [6.07, 6.45) is 18.7. The maximum Gasteiger partial charge on any atom is 0.335 e. The number of likely N-dealkylation sites (tertiary alicyclic amines) is 1. The van der Waals surface area contributed by atoms with Crippen molar-refractivity contribution in [2.45, 2.75) is 124 Å². The lowest BCUT2D eigenvalue weighted by Crippen LogP contribution is -2.68. The minimum atomic E-state index is -0.862. The molecule has 246 valence electrons. The fraction of sp³-hybridized carbons (Fsp3) is 0.750. The summed E-state index contributed by atoms with van der Waals surface area (Å²) < 4.78 is 0. The van der Waals surface area contributed by atoms with Crippen LogP contribution in [0.3, 0.4) is 0 Å². The molecule has 5 heteroatoms. The maximum atomic E-state index is 13.5. The highest BCUT2D eigenvalue weighted by atomic mass is 16.4. The Morgan fingerprint density at radius 2 is 1.53 bits per heavy atom. The van der Waals surface area contributed by atoms with Crippen molar-refractivity contribution in [1.29, 1.82) is 0 Å². The van der Waals surface area contributed by atoms with Crippen molar-refractivity contribution in [2.24, 2.45) is 45.3 Å². The van der Waals surface area contributed by atoms with Gasteiger partial charge in [0.25, 0.3) is 0 Å². The Labute approximate surface area is 272 Å². The highest BCUT2D eigenvalue weighted by molar-refractivity contribution is 5.88. The summed E-state index contributed by atoms with van der Waals surface area (Å²) in [6.45, 7) is 15.7. The fourth-order valence-corrected chi connectivity index (χ4v) is 13.3. The first-order valence-electron chi connectivity index (χ1n) is 18.4. The van der Waals surface area contributed by atoms with Gasteiger partial charge in [-0.15, -0.1) is 0 Å². The Bertz CT molecular complexity index is 1360. The van der Waals surface area contributed by atoms with E-state index in [0.29, 0.717) is 46.6 Å². The molecule has 3 unspecified atom stereocenters. The van der Waals surface area contributed by atoms with E-state index in [0.717, 1.165) is 25.9 Å². The summed E-state index contributed by atoms with van der Waals surface area (Å²) in [4.78, 5) is 27.4. The number of carbonyl (C=O) groups excluding carboxylic acids is 1. The summed E-state index contributed by atoms with van der Waals surface area (Å²) in [6, 6.07) is 7.59. The van der Waals surface area contributed by atoms with Crippen molar-refractivity contribution in [1.82, 2.24) is 10.2 Å². The van der Waals surface area contributed by atoms with Gasteiger partial charge >= 0.3 is 5.97 Å².